The maximum Gasteiger partial charge on any atom is 0.279 e. The average Bonchev–Trinajstić information content (AvgIpc) is 2.84. The standard InChI is InChI=1S/C11H12Cl2N4O2S/c1-14-5-7-6-15-16-11(7)20(18,19)17-9-4-2-3-8(12)10(9)13/h2-4,6,14,17H,5H2,1H3,(H,15,16). The van der Waals surface area contributed by atoms with Crippen molar-refractivity contribution in [3.63, 3.8) is 0 Å². The molecular formula is C11H12Cl2N4O2S. The quantitative estimate of drug-likeness (QED) is 0.782. The number of anilines is 1. The van der Waals surface area contributed by atoms with Gasteiger partial charge in [-0.25, -0.2) is 0 Å². The van der Waals surface area contributed by atoms with Crippen LogP contribution in [0.4, 0.5) is 5.69 Å². The fourth-order valence-corrected chi connectivity index (χ4v) is 3.24. The van der Waals surface area contributed by atoms with Crippen molar-refractivity contribution in [1.29, 1.82) is 0 Å². The van der Waals surface area contributed by atoms with Crippen LogP contribution in [0.5, 0.6) is 0 Å². The Morgan fingerprint density at radius 2 is 2.10 bits per heavy atom. The Hall–Kier alpha value is -1.28. The number of hydrogen-bond acceptors (Lipinski definition) is 4. The second-order valence-electron chi connectivity index (χ2n) is 3.96. The molecule has 2 aromatic rings. The first-order valence-corrected chi connectivity index (χ1v) is 7.83. The van der Waals surface area contributed by atoms with Crippen molar-refractivity contribution >= 4 is 38.9 Å². The zero-order valence-electron chi connectivity index (χ0n) is 10.4. The predicted octanol–water partition coefficient (Wildman–Crippen LogP) is 2.24. The van der Waals surface area contributed by atoms with E-state index in [-0.39, 0.29) is 20.8 Å². The summed E-state index contributed by atoms with van der Waals surface area (Å²) in [5, 5.41) is 9.49. The second kappa shape index (κ2) is 6.01. The zero-order valence-corrected chi connectivity index (χ0v) is 12.8. The van der Waals surface area contributed by atoms with E-state index in [9.17, 15) is 8.42 Å². The molecule has 9 heteroatoms. The minimum absolute atomic E-state index is 0.0112. The van der Waals surface area contributed by atoms with E-state index in [4.69, 9.17) is 23.2 Å². The fraction of sp³-hybridized carbons (Fsp3) is 0.182. The van der Waals surface area contributed by atoms with Crippen LogP contribution in [0.1, 0.15) is 5.56 Å². The van der Waals surface area contributed by atoms with Gasteiger partial charge in [-0.2, -0.15) is 13.5 Å². The Labute approximate surface area is 126 Å². The highest BCUT2D eigenvalue weighted by Crippen LogP contribution is 2.31. The van der Waals surface area contributed by atoms with E-state index in [1.54, 1.807) is 19.2 Å². The first-order chi connectivity index (χ1) is 9.45. The van der Waals surface area contributed by atoms with Crippen molar-refractivity contribution in [2.24, 2.45) is 0 Å². The van der Waals surface area contributed by atoms with Crippen molar-refractivity contribution in [3.8, 4) is 0 Å². The summed E-state index contributed by atoms with van der Waals surface area (Å²) in [6.07, 6.45) is 1.45. The molecule has 108 valence electrons. The third kappa shape index (κ3) is 3.06. The SMILES string of the molecule is CNCc1cn[nH]c1S(=O)(=O)Nc1cccc(Cl)c1Cl. The third-order valence-corrected chi connectivity index (χ3v) is 4.71. The Kier molecular flexibility index (Phi) is 4.54. The molecule has 0 unspecified atom stereocenters. The smallest absolute Gasteiger partial charge is 0.279 e. The lowest BCUT2D eigenvalue weighted by Crippen LogP contribution is -2.17. The summed E-state index contributed by atoms with van der Waals surface area (Å²) in [4.78, 5) is 0. The van der Waals surface area contributed by atoms with Gasteiger partial charge in [0.15, 0.2) is 5.03 Å². The van der Waals surface area contributed by atoms with E-state index in [2.05, 4.69) is 20.2 Å². The fourth-order valence-electron chi connectivity index (χ4n) is 1.63. The first kappa shape index (κ1) is 15.1. The van der Waals surface area contributed by atoms with Crippen molar-refractivity contribution in [1.82, 2.24) is 15.5 Å². The highest BCUT2D eigenvalue weighted by Gasteiger charge is 2.22. The van der Waals surface area contributed by atoms with Crippen molar-refractivity contribution < 1.29 is 8.42 Å². The van der Waals surface area contributed by atoms with Gasteiger partial charge in [0.1, 0.15) is 0 Å². The van der Waals surface area contributed by atoms with Gasteiger partial charge in [0.05, 0.1) is 21.9 Å². The number of hydrogen-bond donors (Lipinski definition) is 3. The lowest BCUT2D eigenvalue weighted by molar-refractivity contribution is 0.595. The molecule has 0 aliphatic heterocycles. The molecule has 1 aromatic carbocycles. The predicted molar refractivity (Wildman–Crippen MR) is 78.6 cm³/mol. The molecule has 20 heavy (non-hydrogen) atoms. The van der Waals surface area contributed by atoms with Gasteiger partial charge in [0.25, 0.3) is 10.0 Å². The Morgan fingerprint density at radius 1 is 1.35 bits per heavy atom. The summed E-state index contributed by atoms with van der Waals surface area (Å²) in [7, 11) is -2.10. The van der Waals surface area contributed by atoms with Gasteiger partial charge in [-0.3, -0.25) is 9.82 Å². The van der Waals surface area contributed by atoms with E-state index in [1.165, 1.54) is 12.3 Å². The van der Waals surface area contributed by atoms with Crippen LogP contribution in [-0.2, 0) is 16.6 Å². The Balaban J connectivity index is 2.36. The van der Waals surface area contributed by atoms with E-state index in [0.717, 1.165) is 0 Å². The van der Waals surface area contributed by atoms with Crippen molar-refractivity contribution in [3.05, 3.63) is 40.0 Å². The van der Waals surface area contributed by atoms with Crippen LogP contribution >= 0.6 is 23.2 Å². The number of benzene rings is 1. The van der Waals surface area contributed by atoms with E-state index >= 15 is 0 Å². The molecule has 0 saturated heterocycles. The molecule has 0 radical (unpaired) electrons. The normalized spacial score (nSPS) is 11.6. The number of rotatable bonds is 5. The van der Waals surface area contributed by atoms with E-state index in [1.807, 2.05) is 0 Å². The molecule has 1 aromatic heterocycles. The van der Waals surface area contributed by atoms with Crippen molar-refractivity contribution in [2.45, 2.75) is 11.6 Å². The molecule has 0 spiro atoms. The summed E-state index contributed by atoms with van der Waals surface area (Å²) in [6.45, 7) is 0.371. The summed E-state index contributed by atoms with van der Waals surface area (Å²) in [5.41, 5.74) is 0.738. The molecule has 0 fully saturated rings. The van der Waals surface area contributed by atoms with Crippen LogP contribution in [0.25, 0.3) is 0 Å². The van der Waals surface area contributed by atoms with Crippen LogP contribution in [0.3, 0.4) is 0 Å². The van der Waals surface area contributed by atoms with Gasteiger partial charge in [-0.1, -0.05) is 29.3 Å². The van der Waals surface area contributed by atoms with Gasteiger partial charge in [0.2, 0.25) is 0 Å². The number of sulfonamides is 1. The Morgan fingerprint density at radius 3 is 2.80 bits per heavy atom. The number of aromatic nitrogens is 2. The summed E-state index contributed by atoms with van der Waals surface area (Å²) < 4.78 is 27.0. The van der Waals surface area contributed by atoms with Crippen LogP contribution in [-0.4, -0.2) is 25.7 Å². The van der Waals surface area contributed by atoms with Crippen LogP contribution in [0.15, 0.2) is 29.4 Å². The molecule has 0 amide bonds. The first-order valence-electron chi connectivity index (χ1n) is 5.59. The van der Waals surface area contributed by atoms with E-state index in [0.29, 0.717) is 12.1 Å². The number of aromatic amines is 1. The second-order valence-corrected chi connectivity index (χ2v) is 6.37. The van der Waals surface area contributed by atoms with Crippen molar-refractivity contribution in [2.75, 3.05) is 11.8 Å². The topological polar surface area (TPSA) is 86.9 Å². The summed E-state index contributed by atoms with van der Waals surface area (Å²) in [5.74, 6) is 0. The highest BCUT2D eigenvalue weighted by atomic mass is 35.5. The summed E-state index contributed by atoms with van der Waals surface area (Å²) in [6, 6.07) is 4.71. The van der Waals surface area contributed by atoms with Crippen LogP contribution in [0, 0.1) is 0 Å². The molecule has 0 bridgehead atoms. The molecule has 6 nitrogen and oxygen atoms in total. The average molecular weight is 335 g/mol. The summed E-state index contributed by atoms with van der Waals surface area (Å²) >= 11 is 11.8. The molecule has 2 rings (SSSR count). The number of halogens is 2. The minimum Gasteiger partial charge on any atom is -0.316 e. The lowest BCUT2D eigenvalue weighted by Gasteiger charge is -2.10. The molecule has 0 aliphatic carbocycles. The third-order valence-electron chi connectivity index (χ3n) is 2.51. The van der Waals surface area contributed by atoms with Gasteiger partial charge >= 0.3 is 0 Å². The largest absolute Gasteiger partial charge is 0.316 e. The maximum absolute atomic E-state index is 12.3. The number of nitrogens with zero attached hydrogens (tertiary/aromatic N) is 1. The van der Waals surface area contributed by atoms with Crippen LogP contribution < -0.4 is 10.0 Å². The number of H-pyrrole nitrogens is 1. The molecular weight excluding hydrogens is 323 g/mol. The number of nitrogens with one attached hydrogen (secondary N) is 3. The van der Waals surface area contributed by atoms with Gasteiger partial charge in [-0.15, -0.1) is 0 Å². The molecule has 0 saturated carbocycles. The molecule has 0 aliphatic rings. The van der Waals surface area contributed by atoms with Gasteiger partial charge < -0.3 is 5.32 Å². The Bertz CT molecular complexity index is 715. The van der Waals surface area contributed by atoms with E-state index < -0.39 is 10.0 Å². The minimum atomic E-state index is -3.81. The van der Waals surface area contributed by atoms with Crippen LogP contribution in [0.2, 0.25) is 10.0 Å². The molecule has 1 heterocycles. The molecule has 0 atom stereocenters. The maximum atomic E-state index is 12.3. The monoisotopic (exact) mass is 334 g/mol. The highest BCUT2D eigenvalue weighted by molar-refractivity contribution is 7.92. The van der Waals surface area contributed by atoms with Gasteiger partial charge in [0, 0.05) is 12.1 Å². The molecule has 3 N–H and O–H groups in total. The zero-order chi connectivity index (χ0) is 14.8. The van der Waals surface area contributed by atoms with Gasteiger partial charge in [-0.05, 0) is 19.2 Å². The lowest BCUT2D eigenvalue weighted by atomic mass is 10.3.